The molecule has 1 aromatic rings. The third-order valence-electron chi connectivity index (χ3n) is 3.18. The van der Waals surface area contributed by atoms with Crippen LogP contribution in [0.3, 0.4) is 0 Å². The van der Waals surface area contributed by atoms with Gasteiger partial charge in [0.15, 0.2) is 11.7 Å². The average molecular weight is 237 g/mol. The highest BCUT2D eigenvalue weighted by Crippen LogP contribution is 2.25. The van der Waals surface area contributed by atoms with Crippen molar-refractivity contribution in [2.45, 2.75) is 32.7 Å². The van der Waals surface area contributed by atoms with Crippen LogP contribution in [0.25, 0.3) is 0 Å². The SMILES string of the molecule is CCC(C)(C)N(C)c1nnccc1/C(N)=N/O. The fraction of sp³-hybridized carbons (Fsp3) is 0.545. The number of hydrogen-bond acceptors (Lipinski definition) is 5. The molecule has 0 unspecified atom stereocenters. The minimum absolute atomic E-state index is 0.0358. The number of anilines is 1. The van der Waals surface area contributed by atoms with E-state index in [0.717, 1.165) is 6.42 Å². The zero-order chi connectivity index (χ0) is 13.1. The zero-order valence-electron chi connectivity index (χ0n) is 10.7. The summed E-state index contributed by atoms with van der Waals surface area (Å²) in [6.07, 6.45) is 2.46. The summed E-state index contributed by atoms with van der Waals surface area (Å²) in [7, 11) is 1.92. The summed E-state index contributed by atoms with van der Waals surface area (Å²) >= 11 is 0. The second-order valence-corrected chi connectivity index (χ2v) is 4.48. The predicted molar refractivity (Wildman–Crippen MR) is 67.3 cm³/mol. The molecule has 0 atom stereocenters. The first-order valence-corrected chi connectivity index (χ1v) is 5.47. The van der Waals surface area contributed by atoms with Gasteiger partial charge in [-0.1, -0.05) is 12.1 Å². The largest absolute Gasteiger partial charge is 0.409 e. The van der Waals surface area contributed by atoms with Gasteiger partial charge in [0.1, 0.15) is 0 Å². The molecule has 0 aliphatic carbocycles. The van der Waals surface area contributed by atoms with Crippen LogP contribution in [0.5, 0.6) is 0 Å². The van der Waals surface area contributed by atoms with Crippen LogP contribution >= 0.6 is 0 Å². The third-order valence-corrected chi connectivity index (χ3v) is 3.18. The van der Waals surface area contributed by atoms with Gasteiger partial charge in [0.25, 0.3) is 0 Å². The van der Waals surface area contributed by atoms with Gasteiger partial charge in [0, 0.05) is 12.6 Å². The highest BCUT2D eigenvalue weighted by molar-refractivity contribution is 6.01. The van der Waals surface area contributed by atoms with Crippen LogP contribution in [-0.4, -0.2) is 33.8 Å². The van der Waals surface area contributed by atoms with Gasteiger partial charge in [-0.25, -0.2) is 0 Å². The first-order chi connectivity index (χ1) is 7.94. The quantitative estimate of drug-likeness (QED) is 0.355. The molecule has 17 heavy (non-hydrogen) atoms. The standard InChI is InChI=1S/C11H19N5O/c1-5-11(2,3)16(4)10-8(9(12)15-17)6-7-13-14-10/h6-7,17H,5H2,1-4H3,(H2,12,15). The highest BCUT2D eigenvalue weighted by Gasteiger charge is 2.25. The molecule has 0 saturated carbocycles. The van der Waals surface area contributed by atoms with E-state index in [1.807, 2.05) is 11.9 Å². The monoisotopic (exact) mass is 237 g/mol. The van der Waals surface area contributed by atoms with Gasteiger partial charge < -0.3 is 15.8 Å². The summed E-state index contributed by atoms with van der Waals surface area (Å²) < 4.78 is 0. The summed E-state index contributed by atoms with van der Waals surface area (Å²) in [5.41, 5.74) is 6.12. The first kappa shape index (κ1) is 13.2. The minimum Gasteiger partial charge on any atom is -0.409 e. The van der Waals surface area contributed by atoms with Crippen LogP contribution in [0.2, 0.25) is 0 Å². The van der Waals surface area contributed by atoms with Crippen molar-refractivity contribution in [2.75, 3.05) is 11.9 Å². The fourth-order valence-corrected chi connectivity index (χ4v) is 1.35. The van der Waals surface area contributed by atoms with Crippen LogP contribution in [0.15, 0.2) is 17.4 Å². The van der Waals surface area contributed by atoms with E-state index in [0.29, 0.717) is 11.4 Å². The van der Waals surface area contributed by atoms with Gasteiger partial charge in [-0.05, 0) is 26.3 Å². The van der Waals surface area contributed by atoms with Crippen LogP contribution in [0, 0.1) is 0 Å². The Kier molecular flexibility index (Phi) is 3.88. The van der Waals surface area contributed by atoms with E-state index in [-0.39, 0.29) is 11.4 Å². The molecule has 0 radical (unpaired) electrons. The molecule has 1 aromatic heterocycles. The Morgan fingerprint density at radius 3 is 2.76 bits per heavy atom. The van der Waals surface area contributed by atoms with Crippen molar-refractivity contribution in [3.8, 4) is 0 Å². The van der Waals surface area contributed by atoms with Gasteiger partial charge >= 0.3 is 0 Å². The van der Waals surface area contributed by atoms with Crippen molar-refractivity contribution in [1.29, 1.82) is 0 Å². The third kappa shape index (κ3) is 2.64. The van der Waals surface area contributed by atoms with E-state index in [1.54, 1.807) is 6.07 Å². The molecule has 0 saturated heterocycles. The van der Waals surface area contributed by atoms with Crippen LogP contribution < -0.4 is 10.6 Å². The van der Waals surface area contributed by atoms with E-state index < -0.39 is 0 Å². The average Bonchev–Trinajstić information content (AvgIpc) is 2.36. The number of oxime groups is 1. The molecule has 94 valence electrons. The molecule has 1 rings (SSSR count). The fourth-order valence-electron chi connectivity index (χ4n) is 1.35. The molecule has 3 N–H and O–H groups in total. The maximum atomic E-state index is 8.75. The summed E-state index contributed by atoms with van der Waals surface area (Å²) in [4.78, 5) is 1.98. The van der Waals surface area contributed by atoms with E-state index in [2.05, 4.69) is 36.1 Å². The second-order valence-electron chi connectivity index (χ2n) is 4.48. The molecular weight excluding hydrogens is 218 g/mol. The Bertz CT molecular complexity index is 416. The van der Waals surface area contributed by atoms with Gasteiger partial charge in [-0.15, -0.1) is 5.10 Å². The lowest BCUT2D eigenvalue weighted by atomic mass is 9.99. The number of nitrogens with zero attached hydrogens (tertiary/aromatic N) is 4. The minimum atomic E-state index is -0.0828. The highest BCUT2D eigenvalue weighted by atomic mass is 16.4. The van der Waals surface area contributed by atoms with Crippen molar-refractivity contribution in [2.24, 2.45) is 10.9 Å². The lowest BCUT2D eigenvalue weighted by molar-refractivity contribution is 0.318. The van der Waals surface area contributed by atoms with Crippen molar-refractivity contribution >= 4 is 11.7 Å². The molecular formula is C11H19N5O. The Labute approximate surface area is 101 Å². The summed E-state index contributed by atoms with van der Waals surface area (Å²) in [5.74, 6) is 0.642. The van der Waals surface area contributed by atoms with E-state index in [4.69, 9.17) is 10.9 Å². The Morgan fingerprint density at radius 2 is 2.24 bits per heavy atom. The lowest BCUT2D eigenvalue weighted by Crippen LogP contribution is -2.42. The Balaban J connectivity index is 3.23. The second kappa shape index (κ2) is 4.99. The number of rotatable bonds is 4. The smallest absolute Gasteiger partial charge is 0.173 e. The van der Waals surface area contributed by atoms with Gasteiger partial charge in [0.05, 0.1) is 11.8 Å². The summed E-state index contributed by atoms with van der Waals surface area (Å²) in [6, 6.07) is 1.68. The molecule has 6 heteroatoms. The van der Waals surface area contributed by atoms with Gasteiger partial charge in [-0.2, -0.15) is 5.10 Å². The Hall–Kier alpha value is -1.85. The topological polar surface area (TPSA) is 87.6 Å². The van der Waals surface area contributed by atoms with Crippen molar-refractivity contribution in [3.63, 3.8) is 0 Å². The summed E-state index contributed by atoms with van der Waals surface area (Å²) in [6.45, 7) is 6.28. The normalized spacial score (nSPS) is 12.6. The first-order valence-electron chi connectivity index (χ1n) is 5.47. The van der Waals surface area contributed by atoms with Crippen molar-refractivity contribution < 1.29 is 5.21 Å². The van der Waals surface area contributed by atoms with Crippen LogP contribution in [-0.2, 0) is 0 Å². The molecule has 0 fully saturated rings. The molecule has 0 aromatic carbocycles. The molecule has 0 amide bonds. The van der Waals surface area contributed by atoms with Gasteiger partial charge in [0.2, 0.25) is 0 Å². The van der Waals surface area contributed by atoms with Crippen molar-refractivity contribution in [1.82, 2.24) is 10.2 Å². The van der Waals surface area contributed by atoms with E-state index in [1.165, 1.54) is 6.20 Å². The maximum Gasteiger partial charge on any atom is 0.173 e. The number of hydrogen-bond donors (Lipinski definition) is 2. The molecule has 0 spiro atoms. The number of amidine groups is 1. The maximum absolute atomic E-state index is 8.75. The van der Waals surface area contributed by atoms with Crippen LogP contribution in [0.4, 0.5) is 5.82 Å². The van der Waals surface area contributed by atoms with Gasteiger partial charge in [-0.3, -0.25) is 0 Å². The Morgan fingerprint density at radius 1 is 1.59 bits per heavy atom. The molecule has 6 nitrogen and oxygen atoms in total. The molecule has 1 heterocycles. The molecule has 0 aliphatic heterocycles. The zero-order valence-corrected chi connectivity index (χ0v) is 10.7. The van der Waals surface area contributed by atoms with E-state index >= 15 is 0 Å². The lowest BCUT2D eigenvalue weighted by Gasteiger charge is -2.36. The van der Waals surface area contributed by atoms with Crippen molar-refractivity contribution in [3.05, 3.63) is 17.8 Å². The summed E-state index contributed by atoms with van der Waals surface area (Å²) in [5, 5.41) is 19.7. The van der Waals surface area contributed by atoms with Crippen LogP contribution in [0.1, 0.15) is 32.8 Å². The molecule has 0 aliphatic rings. The number of aromatic nitrogens is 2. The number of nitrogens with two attached hydrogens (primary N) is 1. The predicted octanol–water partition coefficient (Wildman–Crippen LogP) is 1.20. The van der Waals surface area contributed by atoms with E-state index in [9.17, 15) is 0 Å². The molecule has 0 bridgehead atoms.